The molecule has 0 saturated carbocycles. The number of carbonyl (C=O) groups is 1. The van der Waals surface area contributed by atoms with E-state index in [0.29, 0.717) is 48.1 Å². The molecule has 2 aliphatic heterocycles. The molecule has 0 aromatic rings. The van der Waals surface area contributed by atoms with Crippen LogP contribution in [0, 0.1) is 0 Å². The molecule has 0 radical (unpaired) electrons. The number of hydrogen-bond acceptors (Lipinski definition) is 10. The highest BCUT2D eigenvalue weighted by Gasteiger charge is 2.41. The summed E-state index contributed by atoms with van der Waals surface area (Å²) >= 11 is 1.33. The van der Waals surface area contributed by atoms with Gasteiger partial charge in [0.1, 0.15) is 35.5 Å². The summed E-state index contributed by atoms with van der Waals surface area (Å²) < 4.78 is 11.0. The van der Waals surface area contributed by atoms with Crippen LogP contribution in [-0.2, 0) is 19.1 Å². The number of allylic oxidation sites excluding steroid dienone is 1. The normalized spacial score (nSPS) is 23.6. The maximum absolute atomic E-state index is 13.1. The molecule has 1 amide bonds. The molecule has 2 heterocycles. The molecule has 3 atom stereocenters. The van der Waals surface area contributed by atoms with Crippen LogP contribution in [0.4, 0.5) is 0 Å². The minimum Gasteiger partial charge on any atom is -0.490 e. The summed E-state index contributed by atoms with van der Waals surface area (Å²) in [6.45, 7) is 8.09. The van der Waals surface area contributed by atoms with Crippen molar-refractivity contribution in [2.45, 2.75) is 57.5 Å². The number of nitrogens with two attached hydrogens (primary N) is 1. The Kier molecular flexibility index (Phi) is 10.9. The van der Waals surface area contributed by atoms with Crippen molar-refractivity contribution >= 4 is 28.4 Å². The number of aliphatic hydroxyl groups excluding tert-OH is 2. The molecule has 0 aromatic carbocycles. The lowest BCUT2D eigenvalue weighted by Crippen LogP contribution is -2.56. The predicted octanol–water partition coefficient (Wildman–Crippen LogP) is 1.56. The second kappa shape index (κ2) is 13.4. The van der Waals surface area contributed by atoms with Gasteiger partial charge in [-0.05, 0) is 26.2 Å². The van der Waals surface area contributed by atoms with Crippen LogP contribution in [0.2, 0.25) is 0 Å². The summed E-state index contributed by atoms with van der Waals surface area (Å²) in [7, 11) is 0. The van der Waals surface area contributed by atoms with E-state index in [-0.39, 0.29) is 19.0 Å². The van der Waals surface area contributed by atoms with Crippen molar-refractivity contribution in [1.82, 2.24) is 5.32 Å². The third-order valence-electron chi connectivity index (χ3n) is 4.72. The number of nitrogens with one attached hydrogen (secondary N) is 1. The Balaban J connectivity index is 2.07. The number of carbonyl (C=O) groups excluding carboxylic acids is 1. The predicted molar refractivity (Wildman–Crippen MR) is 128 cm³/mol. The lowest BCUT2D eigenvalue weighted by atomic mass is 10.1. The third-order valence-corrected chi connectivity index (χ3v) is 5.96. The van der Waals surface area contributed by atoms with Crippen LogP contribution >= 0.6 is 11.8 Å². The van der Waals surface area contributed by atoms with Crippen molar-refractivity contribution in [2.24, 2.45) is 15.9 Å². The number of ether oxygens (including phenoxy) is 2. The second-order valence-corrected chi connectivity index (χ2v) is 8.57. The smallest absolute Gasteiger partial charge is 0.264 e. The van der Waals surface area contributed by atoms with Gasteiger partial charge in [0.15, 0.2) is 5.66 Å². The van der Waals surface area contributed by atoms with E-state index in [9.17, 15) is 9.90 Å². The molecule has 2 aliphatic rings. The van der Waals surface area contributed by atoms with Crippen molar-refractivity contribution in [3.05, 3.63) is 36.3 Å². The lowest BCUT2D eigenvalue weighted by Gasteiger charge is -2.29. The number of oxime groups is 1. The SMILES string of the molecule is C=CCOC1=CC(O)OC([C@@H](CCC)NC(=O)[C@]2(N)CSC(/C(C)=N/OCCCCO)=N2)=C1. The first-order chi connectivity index (χ1) is 15.8. The van der Waals surface area contributed by atoms with Crippen LogP contribution in [0.1, 0.15) is 39.5 Å². The summed E-state index contributed by atoms with van der Waals surface area (Å²) in [5, 5.41) is 26.3. The van der Waals surface area contributed by atoms with Crippen LogP contribution in [-0.4, -0.2) is 70.4 Å². The fourth-order valence-electron chi connectivity index (χ4n) is 3.01. The lowest BCUT2D eigenvalue weighted by molar-refractivity contribution is -0.126. The molecule has 1 unspecified atom stereocenters. The van der Waals surface area contributed by atoms with E-state index in [1.807, 2.05) is 6.92 Å². The number of hydrogen-bond donors (Lipinski definition) is 4. The first-order valence-corrected chi connectivity index (χ1v) is 11.9. The number of nitrogens with zero attached hydrogens (tertiary/aromatic N) is 2. The highest BCUT2D eigenvalue weighted by molar-refractivity contribution is 8.16. The van der Waals surface area contributed by atoms with Gasteiger partial charge in [0.25, 0.3) is 5.91 Å². The maximum Gasteiger partial charge on any atom is 0.264 e. The average Bonchev–Trinajstić information content (AvgIpc) is 3.20. The Morgan fingerprint density at radius 3 is 3.06 bits per heavy atom. The van der Waals surface area contributed by atoms with Gasteiger partial charge in [-0.3, -0.25) is 10.5 Å². The standard InChI is InChI=1S/C22H34N4O6S/c1-4-8-17(18-12-16(30-10-5-2)13-19(28)32-18)24-21(29)22(23)14-33-20(25-22)15(3)26-31-11-7-6-9-27/h5,12-13,17,19,27-28H,2,4,6-11,14,23H2,1,3H3,(H,24,29)/b26-15+/t17-,19?,22+/m1/s1. The molecule has 10 nitrogen and oxygen atoms in total. The van der Waals surface area contributed by atoms with Gasteiger partial charge in [-0.1, -0.05) is 31.2 Å². The monoisotopic (exact) mass is 482 g/mol. The van der Waals surface area contributed by atoms with E-state index in [1.54, 1.807) is 19.1 Å². The summed E-state index contributed by atoms with van der Waals surface area (Å²) in [4.78, 5) is 22.7. The molecule has 0 aromatic heterocycles. The van der Waals surface area contributed by atoms with E-state index >= 15 is 0 Å². The summed E-state index contributed by atoms with van der Waals surface area (Å²) in [5.74, 6) is 0.610. The molecular formula is C22H34N4O6S. The van der Waals surface area contributed by atoms with Crippen molar-refractivity contribution in [2.75, 3.05) is 25.6 Å². The largest absolute Gasteiger partial charge is 0.490 e. The van der Waals surface area contributed by atoms with Crippen LogP contribution in [0.5, 0.6) is 0 Å². The fourth-order valence-corrected chi connectivity index (χ4v) is 4.03. The highest BCUT2D eigenvalue weighted by Crippen LogP contribution is 2.27. The number of aliphatic hydroxyl groups is 2. The van der Waals surface area contributed by atoms with E-state index < -0.39 is 23.9 Å². The van der Waals surface area contributed by atoms with Gasteiger partial charge >= 0.3 is 0 Å². The Bertz CT molecular complexity index is 813. The first kappa shape index (κ1) is 26.9. The van der Waals surface area contributed by atoms with Gasteiger partial charge < -0.3 is 29.8 Å². The van der Waals surface area contributed by atoms with Gasteiger partial charge in [-0.25, -0.2) is 4.99 Å². The number of amides is 1. The molecule has 11 heteroatoms. The second-order valence-electron chi connectivity index (χ2n) is 7.61. The molecule has 5 N–H and O–H groups in total. The topological polar surface area (TPSA) is 148 Å². The van der Waals surface area contributed by atoms with Gasteiger partial charge in [0.2, 0.25) is 6.29 Å². The molecule has 0 fully saturated rings. The Labute approximate surface area is 198 Å². The zero-order chi connectivity index (χ0) is 24.3. The fraction of sp³-hybridized carbons (Fsp3) is 0.591. The molecule has 2 rings (SSSR count). The Hall–Kier alpha value is -2.34. The molecule has 184 valence electrons. The zero-order valence-electron chi connectivity index (χ0n) is 19.2. The Morgan fingerprint density at radius 2 is 2.36 bits per heavy atom. The van der Waals surface area contributed by atoms with Crippen LogP contribution in [0.15, 0.2) is 46.5 Å². The summed E-state index contributed by atoms with van der Waals surface area (Å²) in [6, 6.07) is -0.512. The van der Waals surface area contributed by atoms with Gasteiger partial charge in [0.05, 0.1) is 6.04 Å². The average molecular weight is 483 g/mol. The van der Waals surface area contributed by atoms with E-state index in [2.05, 4.69) is 22.0 Å². The van der Waals surface area contributed by atoms with Crippen molar-refractivity contribution in [1.29, 1.82) is 0 Å². The van der Waals surface area contributed by atoms with Crippen LogP contribution < -0.4 is 11.1 Å². The summed E-state index contributed by atoms with van der Waals surface area (Å²) in [5.41, 5.74) is 5.38. The van der Waals surface area contributed by atoms with Crippen molar-refractivity contribution < 1.29 is 29.3 Å². The highest BCUT2D eigenvalue weighted by atomic mass is 32.2. The van der Waals surface area contributed by atoms with Crippen LogP contribution in [0.25, 0.3) is 0 Å². The van der Waals surface area contributed by atoms with Gasteiger partial charge in [-0.2, -0.15) is 0 Å². The summed E-state index contributed by atoms with van der Waals surface area (Å²) in [6.07, 6.45) is 6.15. The van der Waals surface area contributed by atoms with Gasteiger partial charge in [0, 0.05) is 24.5 Å². The minimum absolute atomic E-state index is 0.110. The van der Waals surface area contributed by atoms with Gasteiger partial charge in [-0.15, -0.1) is 11.8 Å². The number of aliphatic imine (C=N–C) groups is 1. The molecule has 33 heavy (non-hydrogen) atoms. The Morgan fingerprint density at radius 1 is 1.58 bits per heavy atom. The number of thioether (sulfide) groups is 1. The van der Waals surface area contributed by atoms with Crippen molar-refractivity contribution in [3.63, 3.8) is 0 Å². The minimum atomic E-state index is -1.47. The van der Waals surface area contributed by atoms with Crippen LogP contribution in [0.3, 0.4) is 0 Å². The van der Waals surface area contributed by atoms with Crippen molar-refractivity contribution in [3.8, 4) is 0 Å². The third kappa shape index (κ3) is 8.18. The maximum atomic E-state index is 13.1. The number of rotatable bonds is 14. The van der Waals surface area contributed by atoms with E-state index in [1.165, 1.54) is 17.8 Å². The first-order valence-electron chi connectivity index (χ1n) is 10.9. The molecule has 0 saturated heterocycles. The molecular weight excluding hydrogens is 448 g/mol. The zero-order valence-corrected chi connectivity index (χ0v) is 20.0. The van der Waals surface area contributed by atoms with E-state index in [0.717, 1.165) is 6.42 Å². The quantitative estimate of drug-likeness (QED) is 0.126. The molecule has 0 bridgehead atoms. The molecule has 0 spiro atoms. The molecule has 0 aliphatic carbocycles. The van der Waals surface area contributed by atoms with E-state index in [4.69, 9.17) is 25.2 Å². The number of unbranched alkanes of at least 4 members (excludes halogenated alkanes) is 1.